The molecular formula is C31H47NO13S. The van der Waals surface area contributed by atoms with E-state index in [0.29, 0.717) is 0 Å². The van der Waals surface area contributed by atoms with Gasteiger partial charge in [0.2, 0.25) is 5.91 Å². The van der Waals surface area contributed by atoms with Crippen LogP contribution < -0.4 is 5.32 Å². The summed E-state index contributed by atoms with van der Waals surface area (Å²) in [6, 6.07) is 0. The van der Waals surface area contributed by atoms with Crippen molar-refractivity contribution in [1.82, 2.24) is 5.32 Å². The number of ketones is 2. The average Bonchev–Trinajstić information content (AvgIpc) is 2.98. The average molecular weight is 674 g/mol. The summed E-state index contributed by atoms with van der Waals surface area (Å²) in [5.41, 5.74) is -2.42. The van der Waals surface area contributed by atoms with Gasteiger partial charge in [-0.05, 0) is 54.4 Å². The minimum absolute atomic E-state index is 0.0168. The zero-order chi connectivity index (χ0) is 35.5. The smallest absolute Gasteiger partial charge is 0.330 e. The number of esters is 5. The van der Waals surface area contributed by atoms with Crippen LogP contribution in [0, 0.1) is 22.7 Å². The fraction of sp³-hybridized carbons (Fsp3) is 0.677. The molecule has 0 heterocycles. The molecule has 2 atom stereocenters. The van der Waals surface area contributed by atoms with Gasteiger partial charge in [0, 0.05) is 17.6 Å². The number of amides is 1. The SMILES string of the molecule is C=CC(=O)OCCOC(=O)CCSCC(C)(CC(CC(C)(C)C(=O)OCCNC(=O)C(C(C)=O)C(C)=O)C(=O)OC)C(=O)OCC. The van der Waals surface area contributed by atoms with Gasteiger partial charge in [0.1, 0.15) is 31.4 Å². The number of hydrogen-bond donors (Lipinski definition) is 1. The van der Waals surface area contributed by atoms with E-state index in [1.54, 1.807) is 27.7 Å². The Balaban J connectivity index is 5.32. The van der Waals surface area contributed by atoms with Gasteiger partial charge in [-0.2, -0.15) is 11.8 Å². The van der Waals surface area contributed by atoms with E-state index in [4.69, 9.17) is 23.7 Å². The van der Waals surface area contributed by atoms with E-state index in [-0.39, 0.29) is 63.7 Å². The van der Waals surface area contributed by atoms with Crippen molar-refractivity contribution < 1.29 is 62.0 Å². The molecule has 0 aliphatic rings. The highest BCUT2D eigenvalue weighted by atomic mass is 32.2. The van der Waals surface area contributed by atoms with Gasteiger partial charge in [0.05, 0.1) is 43.4 Å². The van der Waals surface area contributed by atoms with Gasteiger partial charge >= 0.3 is 29.8 Å². The normalized spacial score (nSPS) is 13.0. The number of rotatable bonds is 23. The van der Waals surface area contributed by atoms with Gasteiger partial charge in [0.15, 0.2) is 5.92 Å². The van der Waals surface area contributed by atoms with Crippen molar-refractivity contribution in [3.8, 4) is 0 Å². The van der Waals surface area contributed by atoms with E-state index < -0.39 is 70.0 Å². The summed E-state index contributed by atoms with van der Waals surface area (Å²) in [4.78, 5) is 97.2. The van der Waals surface area contributed by atoms with Gasteiger partial charge in [-0.3, -0.25) is 33.6 Å². The van der Waals surface area contributed by atoms with E-state index in [1.165, 1.54) is 18.9 Å². The Hall–Kier alpha value is -3.75. The molecule has 260 valence electrons. The summed E-state index contributed by atoms with van der Waals surface area (Å²) < 4.78 is 25.3. The number of Topliss-reactive ketones (excluding diaryl/α,β-unsaturated/α-hetero) is 2. The van der Waals surface area contributed by atoms with Gasteiger partial charge in [-0.1, -0.05) is 6.58 Å². The lowest BCUT2D eigenvalue weighted by molar-refractivity contribution is -0.160. The maximum atomic E-state index is 13.1. The van der Waals surface area contributed by atoms with Crippen molar-refractivity contribution in [2.45, 2.75) is 60.8 Å². The lowest BCUT2D eigenvalue weighted by atomic mass is 9.75. The quantitative estimate of drug-likeness (QED) is 0.0544. The lowest BCUT2D eigenvalue weighted by Gasteiger charge is -2.33. The topological polar surface area (TPSA) is 195 Å². The molecule has 1 amide bonds. The van der Waals surface area contributed by atoms with Crippen LogP contribution in [0.2, 0.25) is 0 Å². The molecule has 46 heavy (non-hydrogen) atoms. The number of nitrogens with one attached hydrogen (secondary N) is 1. The summed E-state index contributed by atoms with van der Waals surface area (Å²) in [5.74, 6) is -6.93. The van der Waals surface area contributed by atoms with Crippen LogP contribution in [0.4, 0.5) is 0 Å². The minimum atomic E-state index is -1.44. The first-order valence-corrected chi connectivity index (χ1v) is 15.8. The molecule has 2 unspecified atom stereocenters. The Morgan fingerprint density at radius 3 is 2.00 bits per heavy atom. The summed E-state index contributed by atoms with van der Waals surface area (Å²) in [7, 11) is 1.19. The molecule has 0 aromatic carbocycles. The van der Waals surface area contributed by atoms with Gasteiger partial charge in [-0.15, -0.1) is 0 Å². The van der Waals surface area contributed by atoms with Crippen LogP contribution in [-0.2, 0) is 62.0 Å². The molecule has 0 fully saturated rings. The number of hydrogen-bond acceptors (Lipinski definition) is 14. The maximum Gasteiger partial charge on any atom is 0.330 e. The van der Waals surface area contributed by atoms with E-state index >= 15 is 0 Å². The van der Waals surface area contributed by atoms with E-state index in [2.05, 4.69) is 11.9 Å². The number of thioether (sulfide) groups is 1. The second-order valence-electron chi connectivity index (χ2n) is 11.3. The summed E-state index contributed by atoms with van der Waals surface area (Å²) in [5, 5.41) is 2.39. The third-order valence-electron chi connectivity index (χ3n) is 6.65. The number of carbonyl (C=O) groups is 8. The maximum absolute atomic E-state index is 13.1. The van der Waals surface area contributed by atoms with Crippen molar-refractivity contribution in [2.75, 3.05) is 51.6 Å². The third kappa shape index (κ3) is 15.5. The largest absolute Gasteiger partial charge is 0.469 e. The van der Waals surface area contributed by atoms with Crippen molar-refractivity contribution in [1.29, 1.82) is 0 Å². The fourth-order valence-corrected chi connectivity index (χ4v) is 5.45. The molecule has 0 aliphatic heterocycles. The monoisotopic (exact) mass is 673 g/mol. The van der Waals surface area contributed by atoms with Gasteiger partial charge in [-0.25, -0.2) is 4.79 Å². The second kappa shape index (κ2) is 21.1. The summed E-state index contributed by atoms with van der Waals surface area (Å²) in [6.45, 7) is 11.4. The van der Waals surface area contributed by atoms with Crippen LogP contribution >= 0.6 is 11.8 Å². The molecular weight excluding hydrogens is 626 g/mol. The first-order chi connectivity index (χ1) is 21.4. The van der Waals surface area contributed by atoms with Crippen molar-refractivity contribution in [2.24, 2.45) is 22.7 Å². The minimum Gasteiger partial charge on any atom is -0.469 e. The first-order valence-electron chi connectivity index (χ1n) is 14.7. The highest BCUT2D eigenvalue weighted by molar-refractivity contribution is 7.99. The Morgan fingerprint density at radius 2 is 1.46 bits per heavy atom. The van der Waals surface area contributed by atoms with E-state index in [9.17, 15) is 38.4 Å². The van der Waals surface area contributed by atoms with E-state index in [1.807, 2.05) is 0 Å². The van der Waals surface area contributed by atoms with Crippen LogP contribution in [0.15, 0.2) is 12.7 Å². The standard InChI is InChI=1S/C31H47NO13S/c1-9-23(35)43-14-15-44-24(36)11-16-46-19-31(7,29(40)42-10-2)18-22(27(38)41-8)17-30(5,6)28(39)45-13-12-32-26(37)25(20(3)33)21(4)34/h9,22,25H,1,10-19H2,2-8H3,(H,32,37). The molecule has 0 saturated carbocycles. The lowest BCUT2D eigenvalue weighted by Crippen LogP contribution is -2.41. The number of ether oxygens (including phenoxy) is 5. The van der Waals surface area contributed by atoms with Crippen LogP contribution in [0.1, 0.15) is 60.8 Å². The molecule has 0 aliphatic carbocycles. The number of carbonyl (C=O) groups excluding carboxylic acids is 8. The predicted octanol–water partition coefficient (Wildman–Crippen LogP) is 2.00. The molecule has 14 nitrogen and oxygen atoms in total. The van der Waals surface area contributed by atoms with Crippen molar-refractivity contribution in [3.05, 3.63) is 12.7 Å². The molecule has 0 aromatic heterocycles. The Labute approximate surface area is 274 Å². The highest BCUT2D eigenvalue weighted by Gasteiger charge is 2.43. The molecule has 0 spiro atoms. The van der Waals surface area contributed by atoms with Gasteiger partial charge in [0.25, 0.3) is 0 Å². The zero-order valence-electron chi connectivity index (χ0n) is 27.7. The third-order valence-corrected chi connectivity index (χ3v) is 7.98. The van der Waals surface area contributed by atoms with Crippen LogP contribution in [-0.4, -0.2) is 98.9 Å². The molecule has 0 rings (SSSR count). The first kappa shape index (κ1) is 42.2. The van der Waals surface area contributed by atoms with Crippen LogP contribution in [0.25, 0.3) is 0 Å². The Morgan fingerprint density at radius 1 is 0.848 bits per heavy atom. The Bertz CT molecular complexity index is 1110. The Kier molecular flexibility index (Phi) is 19.4. The molecule has 0 bridgehead atoms. The van der Waals surface area contributed by atoms with Crippen LogP contribution in [0.5, 0.6) is 0 Å². The van der Waals surface area contributed by atoms with Gasteiger partial charge < -0.3 is 29.0 Å². The fourth-order valence-electron chi connectivity index (χ4n) is 4.31. The van der Waals surface area contributed by atoms with E-state index in [0.717, 1.165) is 19.9 Å². The molecule has 0 radical (unpaired) electrons. The summed E-state index contributed by atoms with van der Waals surface area (Å²) >= 11 is 1.28. The van der Waals surface area contributed by atoms with Crippen molar-refractivity contribution >= 4 is 59.1 Å². The number of methoxy groups -OCH3 is 1. The van der Waals surface area contributed by atoms with Crippen molar-refractivity contribution in [3.63, 3.8) is 0 Å². The second-order valence-corrected chi connectivity index (χ2v) is 12.4. The predicted molar refractivity (Wildman–Crippen MR) is 166 cm³/mol. The summed E-state index contributed by atoms with van der Waals surface area (Å²) in [6.07, 6.45) is 0.926. The highest BCUT2D eigenvalue weighted by Crippen LogP contribution is 2.38. The van der Waals surface area contributed by atoms with Crippen LogP contribution in [0.3, 0.4) is 0 Å². The molecule has 15 heteroatoms. The molecule has 0 saturated heterocycles. The zero-order valence-corrected chi connectivity index (χ0v) is 28.5. The molecule has 1 N–H and O–H groups in total. The molecule has 0 aromatic rings.